The number of aromatic nitrogens is 2. The average Bonchev–Trinajstić information content (AvgIpc) is 3.17. The number of halogens is 1. The zero-order valence-electron chi connectivity index (χ0n) is 18.7. The van der Waals surface area contributed by atoms with Gasteiger partial charge in [0.2, 0.25) is 5.91 Å². The molecule has 0 aliphatic rings. The van der Waals surface area contributed by atoms with Gasteiger partial charge in [-0.2, -0.15) is 0 Å². The molecule has 0 saturated carbocycles. The molecule has 168 valence electrons. The molecule has 4 rings (SSSR count). The average molecular weight is 444 g/mol. The number of para-hydroxylation sites is 3. The van der Waals surface area contributed by atoms with E-state index >= 15 is 0 Å². The molecule has 0 radical (unpaired) electrons. The quantitative estimate of drug-likeness (QED) is 0.366. The van der Waals surface area contributed by atoms with Gasteiger partial charge in [-0.1, -0.05) is 48.5 Å². The summed E-state index contributed by atoms with van der Waals surface area (Å²) in [6.45, 7) is 2.50. The number of hydrogen-bond acceptors (Lipinski definition) is 3. The van der Waals surface area contributed by atoms with Crippen LogP contribution in [-0.2, 0) is 16.1 Å². The number of rotatable bonds is 8. The maximum absolute atomic E-state index is 13.6. The van der Waals surface area contributed by atoms with E-state index in [-0.39, 0.29) is 24.3 Å². The van der Waals surface area contributed by atoms with E-state index in [9.17, 15) is 9.18 Å². The summed E-state index contributed by atoms with van der Waals surface area (Å²) in [5, 5.41) is 0. The van der Waals surface area contributed by atoms with Crippen molar-refractivity contribution in [1.29, 1.82) is 0 Å². The van der Waals surface area contributed by atoms with Crippen molar-refractivity contribution in [2.45, 2.75) is 19.5 Å². The summed E-state index contributed by atoms with van der Waals surface area (Å²) in [6.07, 6.45) is 3.72. The summed E-state index contributed by atoms with van der Waals surface area (Å²) >= 11 is 0. The monoisotopic (exact) mass is 443 g/mol. The molecule has 1 atom stereocenters. The molecule has 0 spiro atoms. The number of amides is 1. The number of nitrogens with zero attached hydrogens (tertiary/aromatic N) is 3. The van der Waals surface area contributed by atoms with E-state index in [1.165, 1.54) is 12.1 Å². The lowest BCUT2D eigenvalue weighted by Crippen LogP contribution is -2.43. The van der Waals surface area contributed by atoms with Crippen LogP contribution < -0.4 is 4.90 Å². The molecular formula is C27H26FN3O2. The summed E-state index contributed by atoms with van der Waals surface area (Å²) in [7, 11) is 1.63. The van der Waals surface area contributed by atoms with Crippen molar-refractivity contribution in [1.82, 2.24) is 9.55 Å². The molecule has 0 bridgehead atoms. The Bertz CT molecular complexity index is 1250. The second-order valence-electron chi connectivity index (χ2n) is 7.83. The fourth-order valence-electron chi connectivity index (χ4n) is 3.89. The smallest absolute Gasteiger partial charge is 0.247 e. The van der Waals surface area contributed by atoms with Gasteiger partial charge in [0.25, 0.3) is 0 Å². The van der Waals surface area contributed by atoms with Crippen molar-refractivity contribution >= 4 is 34.8 Å². The first-order chi connectivity index (χ1) is 16.1. The van der Waals surface area contributed by atoms with E-state index in [2.05, 4.69) is 0 Å². The molecule has 0 unspecified atom stereocenters. The van der Waals surface area contributed by atoms with Gasteiger partial charge >= 0.3 is 0 Å². The van der Waals surface area contributed by atoms with Crippen LogP contribution >= 0.6 is 0 Å². The van der Waals surface area contributed by atoms with E-state index in [0.29, 0.717) is 12.4 Å². The number of fused-ring (bicyclic) bond motifs is 1. The van der Waals surface area contributed by atoms with Gasteiger partial charge in [0, 0.05) is 12.8 Å². The molecule has 0 aliphatic carbocycles. The molecule has 1 heterocycles. The molecule has 0 saturated heterocycles. The van der Waals surface area contributed by atoms with E-state index in [1.807, 2.05) is 78.2 Å². The second-order valence-corrected chi connectivity index (χ2v) is 7.83. The fraction of sp³-hybridized carbons (Fsp3) is 0.185. The van der Waals surface area contributed by atoms with Gasteiger partial charge in [0.1, 0.15) is 18.2 Å². The Labute approximate surface area is 192 Å². The number of carbonyl (C=O) groups excluding carboxylic acids is 1. The lowest BCUT2D eigenvalue weighted by atomic mass is 10.2. The normalized spacial score (nSPS) is 12.3. The molecule has 1 aromatic heterocycles. The number of imidazole rings is 1. The molecular weight excluding hydrogens is 417 g/mol. The van der Waals surface area contributed by atoms with Crippen molar-refractivity contribution in [3.05, 3.63) is 96.1 Å². The van der Waals surface area contributed by atoms with Gasteiger partial charge in [-0.05, 0) is 55.0 Å². The molecule has 0 aliphatic heterocycles. The van der Waals surface area contributed by atoms with Crippen molar-refractivity contribution in [2.24, 2.45) is 0 Å². The number of hydrogen-bond donors (Lipinski definition) is 0. The first kappa shape index (κ1) is 22.4. The van der Waals surface area contributed by atoms with Crippen LogP contribution in [0.4, 0.5) is 10.1 Å². The molecule has 0 fully saturated rings. The Hall–Kier alpha value is -3.77. The predicted molar refractivity (Wildman–Crippen MR) is 130 cm³/mol. The first-order valence-corrected chi connectivity index (χ1v) is 10.8. The maximum Gasteiger partial charge on any atom is 0.247 e. The van der Waals surface area contributed by atoms with Crippen LogP contribution in [0.25, 0.3) is 23.2 Å². The van der Waals surface area contributed by atoms with Crippen LogP contribution in [0.1, 0.15) is 18.3 Å². The third-order valence-electron chi connectivity index (χ3n) is 5.42. The summed E-state index contributed by atoms with van der Waals surface area (Å²) in [6, 6.07) is 23.4. The van der Waals surface area contributed by atoms with E-state index in [4.69, 9.17) is 9.72 Å². The topological polar surface area (TPSA) is 47.4 Å². The third-order valence-corrected chi connectivity index (χ3v) is 5.42. The minimum atomic E-state index is -0.281. The lowest BCUT2D eigenvalue weighted by molar-refractivity contribution is -0.119. The van der Waals surface area contributed by atoms with Gasteiger partial charge < -0.3 is 14.2 Å². The number of anilines is 1. The van der Waals surface area contributed by atoms with Crippen LogP contribution in [0.3, 0.4) is 0 Å². The molecule has 4 aromatic rings. The Kier molecular flexibility index (Phi) is 6.95. The molecule has 3 aromatic carbocycles. The third kappa shape index (κ3) is 5.18. The van der Waals surface area contributed by atoms with Gasteiger partial charge in [-0.3, -0.25) is 4.79 Å². The van der Waals surface area contributed by atoms with Crippen LogP contribution in [0, 0.1) is 5.82 Å². The van der Waals surface area contributed by atoms with Crippen molar-refractivity contribution in [3.8, 4) is 0 Å². The fourth-order valence-corrected chi connectivity index (χ4v) is 3.89. The minimum Gasteiger partial charge on any atom is -0.383 e. The Morgan fingerprint density at radius 1 is 1.03 bits per heavy atom. The maximum atomic E-state index is 13.6. The van der Waals surface area contributed by atoms with Gasteiger partial charge in [0.05, 0.1) is 23.7 Å². The zero-order valence-corrected chi connectivity index (χ0v) is 18.7. The Balaban J connectivity index is 1.69. The van der Waals surface area contributed by atoms with Crippen LogP contribution in [0.2, 0.25) is 0 Å². The van der Waals surface area contributed by atoms with Gasteiger partial charge in [-0.25, -0.2) is 9.37 Å². The number of carbonyl (C=O) groups is 1. The summed E-state index contributed by atoms with van der Waals surface area (Å²) in [5.41, 5.74) is 3.35. The second kappa shape index (κ2) is 10.2. The molecule has 1 amide bonds. The van der Waals surface area contributed by atoms with Crippen LogP contribution in [0.5, 0.6) is 0 Å². The first-order valence-electron chi connectivity index (χ1n) is 10.8. The number of methoxy groups -OCH3 is 1. The molecule has 6 heteroatoms. The number of ether oxygens (including phenoxy) is 1. The molecule has 5 nitrogen and oxygen atoms in total. The van der Waals surface area contributed by atoms with Gasteiger partial charge in [0.15, 0.2) is 0 Å². The van der Waals surface area contributed by atoms with E-state index in [1.54, 1.807) is 24.1 Å². The predicted octanol–water partition coefficient (Wildman–Crippen LogP) is 5.41. The Morgan fingerprint density at radius 3 is 2.45 bits per heavy atom. The van der Waals surface area contributed by atoms with E-state index < -0.39 is 0 Å². The highest BCUT2D eigenvalue weighted by atomic mass is 19.1. The minimum absolute atomic E-state index is 0.0645. The molecule has 0 N–H and O–H groups in total. The summed E-state index contributed by atoms with van der Waals surface area (Å²) in [5.74, 6) is 0.308. The highest BCUT2D eigenvalue weighted by molar-refractivity contribution is 5.95. The van der Waals surface area contributed by atoms with Gasteiger partial charge in [-0.15, -0.1) is 0 Å². The van der Waals surface area contributed by atoms with Crippen molar-refractivity contribution < 1.29 is 13.9 Å². The highest BCUT2D eigenvalue weighted by Crippen LogP contribution is 2.22. The van der Waals surface area contributed by atoms with Crippen LogP contribution in [0.15, 0.2) is 78.9 Å². The summed E-state index contributed by atoms with van der Waals surface area (Å²) in [4.78, 5) is 20.1. The van der Waals surface area contributed by atoms with Crippen molar-refractivity contribution in [3.63, 3.8) is 0 Å². The lowest BCUT2D eigenvalue weighted by Gasteiger charge is -2.29. The number of benzene rings is 3. The zero-order chi connectivity index (χ0) is 23.2. The van der Waals surface area contributed by atoms with E-state index in [0.717, 1.165) is 22.3 Å². The standard InChI is InChI=1S/C27H26FN3O2/c1-20(19-33-2)31(23-8-4-3-5-9-23)27(32)18-30-25-11-7-6-10-24(25)29-26(30)17-14-21-12-15-22(28)16-13-21/h3-17,20H,18-19H2,1-2H3/b17-14+/t20-/m1/s1. The molecule has 33 heavy (non-hydrogen) atoms. The summed E-state index contributed by atoms with van der Waals surface area (Å²) < 4.78 is 20.5. The SMILES string of the molecule is COC[C@@H](C)N(C(=O)Cn1c(/C=C/c2ccc(F)cc2)nc2ccccc21)c1ccccc1. The highest BCUT2D eigenvalue weighted by Gasteiger charge is 2.23. The van der Waals surface area contributed by atoms with Crippen molar-refractivity contribution in [2.75, 3.05) is 18.6 Å². The Morgan fingerprint density at radius 2 is 1.73 bits per heavy atom. The largest absolute Gasteiger partial charge is 0.383 e. The van der Waals surface area contributed by atoms with Crippen LogP contribution in [-0.4, -0.2) is 35.2 Å².